The molecule has 2 aliphatic heterocycles. The summed E-state index contributed by atoms with van der Waals surface area (Å²) in [4.78, 5) is 15.1. The number of carbonyl (C=O) groups is 1. The second-order valence-electron chi connectivity index (χ2n) is 7.85. The average molecular weight is 366 g/mol. The standard InChI is InChI=1S/C20H25ClFNO2/c1-25-20(24)19-17(12-2-4-15(21)5-3-12)9-16-6-7-18(19)23(16)11-14-8-13(14)10-22/h2-5,13-14,16-19H,6-11H2,1H3/t13-,14-,16+,17-,18-,19+/m1/s1. The van der Waals surface area contributed by atoms with E-state index in [4.69, 9.17) is 16.3 Å². The van der Waals surface area contributed by atoms with Gasteiger partial charge in [-0.1, -0.05) is 23.7 Å². The van der Waals surface area contributed by atoms with Crippen LogP contribution < -0.4 is 0 Å². The number of benzene rings is 1. The lowest BCUT2D eigenvalue weighted by Crippen LogP contribution is -2.51. The lowest BCUT2D eigenvalue weighted by atomic mass is 9.76. The van der Waals surface area contributed by atoms with Gasteiger partial charge in [-0.15, -0.1) is 0 Å². The van der Waals surface area contributed by atoms with Gasteiger partial charge in [0.05, 0.1) is 19.7 Å². The molecule has 2 heterocycles. The van der Waals surface area contributed by atoms with Crippen LogP contribution in [0.2, 0.25) is 5.02 Å². The van der Waals surface area contributed by atoms with E-state index in [1.54, 1.807) is 0 Å². The zero-order chi connectivity index (χ0) is 17.6. The average Bonchev–Trinajstić information content (AvgIpc) is 3.32. The van der Waals surface area contributed by atoms with Gasteiger partial charge in [-0.2, -0.15) is 0 Å². The minimum absolute atomic E-state index is 0.117. The van der Waals surface area contributed by atoms with Crippen molar-refractivity contribution in [1.82, 2.24) is 4.90 Å². The number of nitrogens with zero attached hydrogens (tertiary/aromatic N) is 1. The van der Waals surface area contributed by atoms with Gasteiger partial charge >= 0.3 is 5.97 Å². The number of rotatable bonds is 5. The predicted molar refractivity (Wildman–Crippen MR) is 95.4 cm³/mol. The van der Waals surface area contributed by atoms with Crippen LogP contribution in [0.15, 0.2) is 24.3 Å². The maximum absolute atomic E-state index is 12.9. The zero-order valence-electron chi connectivity index (χ0n) is 14.5. The Balaban J connectivity index is 1.58. The first-order chi connectivity index (χ1) is 12.1. The fourth-order valence-corrected chi connectivity index (χ4v) is 5.23. The van der Waals surface area contributed by atoms with Crippen molar-refractivity contribution < 1.29 is 13.9 Å². The van der Waals surface area contributed by atoms with Crippen LogP contribution in [0.25, 0.3) is 0 Å². The first-order valence-corrected chi connectivity index (χ1v) is 9.65. The molecule has 0 spiro atoms. The number of piperidine rings is 1. The molecule has 2 saturated heterocycles. The second-order valence-corrected chi connectivity index (χ2v) is 8.28. The van der Waals surface area contributed by atoms with E-state index in [0.717, 1.165) is 32.2 Å². The first kappa shape index (κ1) is 17.3. The van der Waals surface area contributed by atoms with Gasteiger partial charge in [0.25, 0.3) is 0 Å². The minimum Gasteiger partial charge on any atom is -0.469 e. The first-order valence-electron chi connectivity index (χ1n) is 9.27. The van der Waals surface area contributed by atoms with E-state index in [-0.39, 0.29) is 36.4 Å². The Morgan fingerprint density at radius 2 is 2.00 bits per heavy atom. The molecule has 25 heavy (non-hydrogen) atoms. The molecule has 1 saturated carbocycles. The van der Waals surface area contributed by atoms with E-state index in [1.165, 1.54) is 12.7 Å². The van der Waals surface area contributed by atoms with Gasteiger partial charge in [0.2, 0.25) is 0 Å². The SMILES string of the molecule is COC(=O)[C@H]1[C@@H](c2ccc(Cl)cc2)C[C@@H]2CC[C@H]1N2C[C@H]1C[C@@H]1CF. The van der Waals surface area contributed by atoms with Crippen molar-refractivity contribution in [3.8, 4) is 0 Å². The van der Waals surface area contributed by atoms with Crippen molar-refractivity contribution in [1.29, 1.82) is 0 Å². The molecule has 0 aromatic heterocycles. The summed E-state index contributed by atoms with van der Waals surface area (Å²) in [5.74, 6) is 0.624. The molecule has 6 atom stereocenters. The number of hydrogen-bond donors (Lipinski definition) is 0. The molecule has 1 aliphatic carbocycles. The molecule has 1 aromatic carbocycles. The highest BCUT2D eigenvalue weighted by Gasteiger charge is 2.52. The maximum Gasteiger partial charge on any atom is 0.310 e. The van der Waals surface area contributed by atoms with Gasteiger partial charge in [-0.05, 0) is 55.2 Å². The van der Waals surface area contributed by atoms with E-state index >= 15 is 0 Å². The Labute approximate surface area is 153 Å². The Morgan fingerprint density at radius 3 is 2.64 bits per heavy atom. The molecule has 2 bridgehead atoms. The topological polar surface area (TPSA) is 29.5 Å². The summed E-state index contributed by atoms with van der Waals surface area (Å²) in [5, 5.41) is 0.713. The van der Waals surface area contributed by atoms with E-state index in [9.17, 15) is 9.18 Å². The molecule has 136 valence electrons. The number of carbonyl (C=O) groups excluding carboxylic acids is 1. The highest BCUT2D eigenvalue weighted by Crippen LogP contribution is 2.50. The summed E-state index contributed by atoms with van der Waals surface area (Å²) in [6.07, 6.45) is 4.11. The van der Waals surface area contributed by atoms with Gasteiger partial charge < -0.3 is 4.74 Å². The Morgan fingerprint density at radius 1 is 1.24 bits per heavy atom. The number of methoxy groups -OCH3 is 1. The van der Waals surface area contributed by atoms with Crippen LogP contribution in [0.5, 0.6) is 0 Å². The van der Waals surface area contributed by atoms with Crippen LogP contribution in [0.1, 0.15) is 37.2 Å². The van der Waals surface area contributed by atoms with Gasteiger partial charge in [-0.25, -0.2) is 0 Å². The molecule has 3 nitrogen and oxygen atoms in total. The van der Waals surface area contributed by atoms with Crippen LogP contribution in [0.3, 0.4) is 0 Å². The predicted octanol–water partition coefficient (Wildman–Crippen LogP) is 4.06. The van der Waals surface area contributed by atoms with Crippen LogP contribution in [-0.4, -0.2) is 43.3 Å². The smallest absolute Gasteiger partial charge is 0.310 e. The lowest BCUT2D eigenvalue weighted by molar-refractivity contribution is -0.150. The normalized spacial score (nSPS) is 37.1. The third-order valence-electron chi connectivity index (χ3n) is 6.55. The molecular formula is C20H25ClFNO2. The molecule has 3 aliphatic rings. The Bertz CT molecular complexity index is 637. The number of esters is 1. The van der Waals surface area contributed by atoms with Crippen LogP contribution >= 0.6 is 11.6 Å². The molecule has 4 rings (SSSR count). The van der Waals surface area contributed by atoms with Crippen molar-refractivity contribution >= 4 is 17.6 Å². The van der Waals surface area contributed by atoms with Crippen molar-refractivity contribution in [2.75, 3.05) is 20.3 Å². The zero-order valence-corrected chi connectivity index (χ0v) is 15.3. The fraction of sp³-hybridized carbons (Fsp3) is 0.650. The third kappa shape index (κ3) is 3.19. The second kappa shape index (κ2) is 6.88. The van der Waals surface area contributed by atoms with E-state index < -0.39 is 0 Å². The number of ether oxygens (including phenoxy) is 1. The molecule has 0 radical (unpaired) electrons. The summed E-state index contributed by atoms with van der Waals surface area (Å²) in [5.41, 5.74) is 1.17. The summed E-state index contributed by atoms with van der Waals surface area (Å²) in [6, 6.07) is 8.58. The lowest BCUT2D eigenvalue weighted by Gasteiger charge is -2.44. The summed E-state index contributed by atoms with van der Waals surface area (Å²) >= 11 is 6.03. The highest BCUT2D eigenvalue weighted by atomic mass is 35.5. The monoisotopic (exact) mass is 365 g/mol. The van der Waals surface area contributed by atoms with Gasteiger partial charge in [0, 0.05) is 29.6 Å². The molecule has 0 N–H and O–H groups in total. The minimum atomic E-state index is -0.207. The third-order valence-corrected chi connectivity index (χ3v) is 6.80. The molecule has 0 unspecified atom stereocenters. The molecule has 5 heteroatoms. The Hall–Kier alpha value is -1.13. The van der Waals surface area contributed by atoms with E-state index in [0.29, 0.717) is 17.0 Å². The Kier molecular flexibility index (Phi) is 4.76. The van der Waals surface area contributed by atoms with Crippen molar-refractivity contribution in [2.45, 2.75) is 43.7 Å². The molecule has 3 fully saturated rings. The quantitative estimate of drug-likeness (QED) is 0.737. The number of halogens is 2. The summed E-state index contributed by atoms with van der Waals surface area (Å²) in [6.45, 7) is 0.729. The van der Waals surface area contributed by atoms with Gasteiger partial charge in [0.1, 0.15) is 0 Å². The summed E-state index contributed by atoms with van der Waals surface area (Å²) < 4.78 is 18.0. The van der Waals surface area contributed by atoms with Gasteiger partial charge in [-0.3, -0.25) is 14.1 Å². The van der Waals surface area contributed by atoms with E-state index in [1.807, 2.05) is 24.3 Å². The van der Waals surface area contributed by atoms with Crippen LogP contribution in [0, 0.1) is 17.8 Å². The fourth-order valence-electron chi connectivity index (χ4n) is 5.10. The number of fused-ring (bicyclic) bond motifs is 2. The van der Waals surface area contributed by atoms with Crippen LogP contribution in [0.4, 0.5) is 4.39 Å². The highest BCUT2D eigenvalue weighted by molar-refractivity contribution is 6.30. The summed E-state index contributed by atoms with van der Waals surface area (Å²) in [7, 11) is 1.48. The van der Waals surface area contributed by atoms with Crippen LogP contribution in [-0.2, 0) is 9.53 Å². The van der Waals surface area contributed by atoms with Crippen molar-refractivity contribution in [2.24, 2.45) is 17.8 Å². The van der Waals surface area contributed by atoms with Crippen molar-refractivity contribution in [3.05, 3.63) is 34.9 Å². The van der Waals surface area contributed by atoms with Crippen molar-refractivity contribution in [3.63, 3.8) is 0 Å². The number of alkyl halides is 1. The van der Waals surface area contributed by atoms with E-state index in [2.05, 4.69) is 4.90 Å². The molecule has 0 amide bonds. The largest absolute Gasteiger partial charge is 0.469 e. The maximum atomic E-state index is 12.9. The molecular weight excluding hydrogens is 341 g/mol. The number of hydrogen-bond acceptors (Lipinski definition) is 3. The molecule has 1 aromatic rings. The van der Waals surface area contributed by atoms with Gasteiger partial charge in [0.15, 0.2) is 0 Å².